The van der Waals surface area contributed by atoms with Gasteiger partial charge in [0.1, 0.15) is 5.75 Å². The van der Waals surface area contributed by atoms with Crippen LogP contribution in [0.1, 0.15) is 32.8 Å². The zero-order valence-electron chi connectivity index (χ0n) is 13.3. The van der Waals surface area contributed by atoms with Gasteiger partial charge in [0.05, 0.1) is 13.2 Å². The first-order chi connectivity index (χ1) is 10.2. The maximum Gasteiger partial charge on any atom is 0.349 e. The molecule has 2 N–H and O–H groups in total. The lowest BCUT2D eigenvalue weighted by atomic mass is 9.82. The van der Waals surface area contributed by atoms with Crippen molar-refractivity contribution in [3.63, 3.8) is 0 Å². The third-order valence-electron chi connectivity index (χ3n) is 4.21. The minimum absolute atomic E-state index is 0.0221. The van der Waals surface area contributed by atoms with E-state index in [1.165, 1.54) is 19.2 Å². The number of amides is 1. The van der Waals surface area contributed by atoms with Gasteiger partial charge in [-0.3, -0.25) is 4.79 Å². The number of methoxy groups -OCH3 is 1. The molecule has 124 valence electrons. The first-order valence-electron chi connectivity index (χ1n) is 7.16. The van der Waals surface area contributed by atoms with E-state index in [1.807, 2.05) is 6.92 Å². The minimum Gasteiger partial charge on any atom is -0.497 e. The zero-order valence-corrected chi connectivity index (χ0v) is 13.3. The van der Waals surface area contributed by atoms with E-state index in [9.17, 15) is 18.7 Å². The summed E-state index contributed by atoms with van der Waals surface area (Å²) in [7, 11) is 1.43. The SMILES string of the molecule is CC[C@@](C)(CNC(=O)C(F)(F)c1ccc(OC)cc1)[C@H](C)O. The predicted molar refractivity (Wildman–Crippen MR) is 80.0 cm³/mol. The molecule has 0 radical (unpaired) electrons. The summed E-state index contributed by atoms with van der Waals surface area (Å²) >= 11 is 0. The molecule has 22 heavy (non-hydrogen) atoms. The van der Waals surface area contributed by atoms with Crippen LogP contribution in [-0.2, 0) is 10.7 Å². The lowest BCUT2D eigenvalue weighted by molar-refractivity contribution is -0.147. The number of rotatable bonds is 7. The third kappa shape index (κ3) is 3.94. The molecule has 4 nitrogen and oxygen atoms in total. The van der Waals surface area contributed by atoms with Crippen molar-refractivity contribution >= 4 is 5.91 Å². The fourth-order valence-electron chi connectivity index (χ4n) is 1.89. The topological polar surface area (TPSA) is 58.6 Å². The Bertz CT molecular complexity index is 503. The Hall–Kier alpha value is -1.69. The second-order valence-electron chi connectivity index (χ2n) is 5.67. The van der Waals surface area contributed by atoms with Gasteiger partial charge < -0.3 is 15.2 Å². The van der Waals surface area contributed by atoms with Crippen molar-refractivity contribution in [2.75, 3.05) is 13.7 Å². The fraction of sp³-hybridized carbons (Fsp3) is 0.562. The molecule has 0 aliphatic heterocycles. The second kappa shape index (κ2) is 7.05. The number of nitrogens with one attached hydrogen (secondary N) is 1. The molecular formula is C16H23F2NO3. The number of hydrogen-bond donors (Lipinski definition) is 2. The Morgan fingerprint density at radius 3 is 2.32 bits per heavy atom. The van der Waals surface area contributed by atoms with Crippen LogP contribution in [0.25, 0.3) is 0 Å². The lowest BCUT2D eigenvalue weighted by Gasteiger charge is -2.32. The number of carbonyl (C=O) groups excluding carboxylic acids is 1. The highest BCUT2D eigenvalue weighted by Crippen LogP contribution is 2.31. The first kappa shape index (κ1) is 18.4. The molecule has 1 aromatic carbocycles. The van der Waals surface area contributed by atoms with Crippen LogP contribution < -0.4 is 10.1 Å². The third-order valence-corrected chi connectivity index (χ3v) is 4.21. The average molecular weight is 315 g/mol. The standard InChI is InChI=1S/C16H23F2NO3/c1-5-15(3,11(2)20)10-19-14(21)16(17,18)12-6-8-13(22-4)9-7-12/h6-9,11,20H,5,10H2,1-4H3,(H,19,21)/t11-,15-/m0/s1. The van der Waals surface area contributed by atoms with E-state index in [2.05, 4.69) is 5.32 Å². The molecule has 0 unspecified atom stereocenters. The van der Waals surface area contributed by atoms with E-state index in [4.69, 9.17) is 4.74 Å². The minimum atomic E-state index is -3.64. The van der Waals surface area contributed by atoms with E-state index in [0.717, 1.165) is 12.1 Å². The van der Waals surface area contributed by atoms with Gasteiger partial charge in [0.15, 0.2) is 0 Å². The molecule has 0 saturated carbocycles. The summed E-state index contributed by atoms with van der Waals surface area (Å²) < 4.78 is 33.2. The van der Waals surface area contributed by atoms with Crippen LogP contribution in [0.15, 0.2) is 24.3 Å². The molecule has 0 aliphatic rings. The van der Waals surface area contributed by atoms with Gasteiger partial charge in [-0.2, -0.15) is 8.78 Å². The van der Waals surface area contributed by atoms with Crippen LogP contribution in [0.3, 0.4) is 0 Å². The van der Waals surface area contributed by atoms with Crippen LogP contribution in [0, 0.1) is 5.41 Å². The van der Waals surface area contributed by atoms with Crippen LogP contribution >= 0.6 is 0 Å². The maximum absolute atomic E-state index is 14.2. The molecule has 0 spiro atoms. The monoisotopic (exact) mass is 315 g/mol. The summed E-state index contributed by atoms with van der Waals surface area (Å²) in [5, 5.41) is 12.0. The Balaban J connectivity index is 2.81. The lowest BCUT2D eigenvalue weighted by Crippen LogP contribution is -2.46. The number of aliphatic hydroxyl groups excluding tert-OH is 1. The number of ether oxygens (including phenoxy) is 1. The zero-order chi connectivity index (χ0) is 17.0. The van der Waals surface area contributed by atoms with Gasteiger partial charge in [-0.1, -0.05) is 13.8 Å². The van der Waals surface area contributed by atoms with Gasteiger partial charge in [0, 0.05) is 17.5 Å². The molecule has 0 bridgehead atoms. The van der Waals surface area contributed by atoms with Gasteiger partial charge in [-0.25, -0.2) is 0 Å². The molecule has 1 amide bonds. The van der Waals surface area contributed by atoms with Crippen molar-refractivity contribution in [2.45, 2.75) is 39.2 Å². The molecule has 0 aliphatic carbocycles. The van der Waals surface area contributed by atoms with Crippen molar-refractivity contribution < 1.29 is 23.4 Å². The van der Waals surface area contributed by atoms with E-state index >= 15 is 0 Å². The predicted octanol–water partition coefficient (Wildman–Crippen LogP) is 2.70. The highest BCUT2D eigenvalue weighted by molar-refractivity contribution is 5.84. The first-order valence-corrected chi connectivity index (χ1v) is 7.16. The van der Waals surface area contributed by atoms with Crippen molar-refractivity contribution in [1.82, 2.24) is 5.32 Å². The summed E-state index contributed by atoms with van der Waals surface area (Å²) in [5.74, 6) is -4.58. The number of hydrogen-bond acceptors (Lipinski definition) is 3. The quantitative estimate of drug-likeness (QED) is 0.813. The number of halogens is 2. The normalized spacial score (nSPS) is 15.8. The molecule has 0 aromatic heterocycles. The Kier molecular flexibility index (Phi) is 5.88. The molecule has 0 saturated heterocycles. The van der Waals surface area contributed by atoms with Crippen molar-refractivity contribution in [2.24, 2.45) is 5.41 Å². The highest BCUT2D eigenvalue weighted by atomic mass is 19.3. The summed E-state index contributed by atoms with van der Waals surface area (Å²) in [6, 6.07) is 5.07. The number of carbonyl (C=O) groups is 1. The average Bonchev–Trinajstić information content (AvgIpc) is 2.51. The summed E-state index contributed by atoms with van der Waals surface area (Å²) in [6.07, 6.45) is -0.161. The Morgan fingerprint density at radius 1 is 1.36 bits per heavy atom. The van der Waals surface area contributed by atoms with Crippen LogP contribution in [0.2, 0.25) is 0 Å². The molecule has 0 heterocycles. The molecule has 6 heteroatoms. The fourth-order valence-corrected chi connectivity index (χ4v) is 1.89. The van der Waals surface area contributed by atoms with Crippen molar-refractivity contribution in [1.29, 1.82) is 0 Å². The van der Waals surface area contributed by atoms with Gasteiger partial charge in [-0.05, 0) is 37.6 Å². The Labute approximate surface area is 129 Å². The summed E-state index contributed by atoms with van der Waals surface area (Å²) in [5.41, 5.74) is -1.05. The van der Waals surface area contributed by atoms with Gasteiger partial charge in [-0.15, -0.1) is 0 Å². The highest BCUT2D eigenvalue weighted by Gasteiger charge is 2.42. The van der Waals surface area contributed by atoms with E-state index in [1.54, 1.807) is 13.8 Å². The van der Waals surface area contributed by atoms with E-state index < -0.39 is 28.9 Å². The smallest absolute Gasteiger partial charge is 0.349 e. The summed E-state index contributed by atoms with van der Waals surface area (Å²) in [4.78, 5) is 11.8. The van der Waals surface area contributed by atoms with Gasteiger partial charge in [0.25, 0.3) is 5.91 Å². The summed E-state index contributed by atoms with van der Waals surface area (Å²) in [6.45, 7) is 5.13. The number of benzene rings is 1. The van der Waals surface area contributed by atoms with Crippen LogP contribution in [0.4, 0.5) is 8.78 Å². The largest absolute Gasteiger partial charge is 0.497 e. The van der Waals surface area contributed by atoms with Crippen molar-refractivity contribution in [3.8, 4) is 5.75 Å². The van der Waals surface area contributed by atoms with Gasteiger partial charge in [0.2, 0.25) is 0 Å². The van der Waals surface area contributed by atoms with Gasteiger partial charge >= 0.3 is 5.92 Å². The Morgan fingerprint density at radius 2 is 1.91 bits per heavy atom. The van der Waals surface area contributed by atoms with Crippen molar-refractivity contribution in [3.05, 3.63) is 29.8 Å². The van der Waals surface area contributed by atoms with Crippen LogP contribution in [-0.4, -0.2) is 30.8 Å². The molecule has 2 atom stereocenters. The second-order valence-corrected chi connectivity index (χ2v) is 5.67. The van der Waals surface area contributed by atoms with E-state index in [-0.39, 0.29) is 6.54 Å². The number of aliphatic hydroxyl groups is 1. The molecule has 1 aromatic rings. The number of alkyl halides is 2. The molecule has 1 rings (SSSR count). The molecular weight excluding hydrogens is 292 g/mol. The van der Waals surface area contributed by atoms with Crippen LogP contribution in [0.5, 0.6) is 5.75 Å². The molecule has 0 fully saturated rings. The van der Waals surface area contributed by atoms with E-state index in [0.29, 0.717) is 12.2 Å². The maximum atomic E-state index is 14.2.